The van der Waals surface area contributed by atoms with Crippen LogP contribution in [0.15, 0.2) is 12.3 Å². The van der Waals surface area contributed by atoms with E-state index < -0.39 is 0 Å². The summed E-state index contributed by atoms with van der Waals surface area (Å²) >= 11 is 0. The van der Waals surface area contributed by atoms with Crippen LogP contribution in [0.4, 0.5) is 5.82 Å². The molecule has 1 heterocycles. The second-order valence-electron chi connectivity index (χ2n) is 4.12. The van der Waals surface area contributed by atoms with E-state index in [1.54, 1.807) is 6.20 Å². The van der Waals surface area contributed by atoms with Crippen LogP contribution >= 0.6 is 0 Å². The molecule has 1 aromatic rings. The summed E-state index contributed by atoms with van der Waals surface area (Å²) in [7, 11) is 0. The zero-order valence-corrected chi connectivity index (χ0v) is 8.66. The van der Waals surface area contributed by atoms with Gasteiger partial charge in [-0.1, -0.05) is 13.8 Å². The Morgan fingerprint density at radius 1 is 1.50 bits per heavy atom. The number of nitrogen functional groups attached to an aromatic ring is 1. The van der Waals surface area contributed by atoms with Crippen molar-refractivity contribution in [3.05, 3.63) is 17.8 Å². The van der Waals surface area contributed by atoms with Gasteiger partial charge in [0.25, 0.3) is 0 Å². The summed E-state index contributed by atoms with van der Waals surface area (Å²) in [4.78, 5) is 4.13. The average molecular weight is 192 g/mol. The van der Waals surface area contributed by atoms with Crippen LogP contribution in [0.1, 0.15) is 38.2 Å². The van der Waals surface area contributed by atoms with Gasteiger partial charge in [-0.3, -0.25) is 0 Å². The van der Waals surface area contributed by atoms with Gasteiger partial charge in [-0.15, -0.1) is 0 Å². The van der Waals surface area contributed by atoms with Crippen LogP contribution < -0.4 is 10.5 Å². The zero-order valence-electron chi connectivity index (χ0n) is 8.66. The normalized spacial score (nSPS) is 15.9. The van der Waals surface area contributed by atoms with Crippen LogP contribution in [0.5, 0.6) is 5.75 Å². The third-order valence-corrected chi connectivity index (χ3v) is 2.37. The molecule has 0 bridgehead atoms. The SMILES string of the molecule is CC(C)c1cc(OC2CC2)cnc1N. The van der Waals surface area contributed by atoms with Crippen LogP contribution in [0.25, 0.3) is 0 Å². The van der Waals surface area contributed by atoms with E-state index in [1.807, 2.05) is 6.07 Å². The van der Waals surface area contributed by atoms with Crippen molar-refractivity contribution in [1.29, 1.82) is 0 Å². The van der Waals surface area contributed by atoms with Crippen molar-refractivity contribution < 1.29 is 4.74 Å². The third kappa shape index (κ3) is 1.97. The lowest BCUT2D eigenvalue weighted by molar-refractivity contribution is 0.301. The predicted octanol–water partition coefficient (Wildman–Crippen LogP) is 2.33. The van der Waals surface area contributed by atoms with E-state index in [1.165, 1.54) is 12.8 Å². The maximum absolute atomic E-state index is 5.77. The van der Waals surface area contributed by atoms with Gasteiger partial charge in [0.2, 0.25) is 0 Å². The van der Waals surface area contributed by atoms with Gasteiger partial charge in [-0.25, -0.2) is 4.98 Å². The van der Waals surface area contributed by atoms with Crippen LogP contribution in [-0.4, -0.2) is 11.1 Å². The van der Waals surface area contributed by atoms with Crippen molar-refractivity contribution >= 4 is 5.82 Å². The highest BCUT2D eigenvalue weighted by Crippen LogP contribution is 2.29. The molecule has 0 aromatic carbocycles. The van der Waals surface area contributed by atoms with Crippen LogP contribution in [0.3, 0.4) is 0 Å². The van der Waals surface area contributed by atoms with Crippen molar-refractivity contribution in [1.82, 2.24) is 4.98 Å². The molecule has 0 unspecified atom stereocenters. The topological polar surface area (TPSA) is 48.1 Å². The van der Waals surface area contributed by atoms with Crippen LogP contribution in [0.2, 0.25) is 0 Å². The Morgan fingerprint density at radius 3 is 2.79 bits per heavy atom. The lowest BCUT2D eigenvalue weighted by Gasteiger charge is -2.11. The molecule has 3 nitrogen and oxygen atoms in total. The van der Waals surface area contributed by atoms with Gasteiger partial charge >= 0.3 is 0 Å². The number of hydrogen-bond donors (Lipinski definition) is 1. The number of anilines is 1. The van der Waals surface area contributed by atoms with Crippen molar-refractivity contribution in [2.45, 2.75) is 38.7 Å². The summed E-state index contributed by atoms with van der Waals surface area (Å²) in [6.07, 6.45) is 4.46. The maximum atomic E-state index is 5.77. The Labute approximate surface area is 84.3 Å². The molecule has 0 aliphatic heterocycles. The number of nitrogens with zero attached hydrogens (tertiary/aromatic N) is 1. The molecule has 1 aliphatic rings. The second kappa shape index (κ2) is 3.48. The monoisotopic (exact) mass is 192 g/mol. The standard InChI is InChI=1S/C11H16N2O/c1-7(2)10-5-9(6-13-11(10)12)14-8-3-4-8/h5-8H,3-4H2,1-2H3,(H2,12,13). The molecule has 2 rings (SSSR count). The molecule has 0 radical (unpaired) electrons. The minimum atomic E-state index is 0.394. The van der Waals surface area contributed by atoms with E-state index in [9.17, 15) is 0 Å². The molecule has 1 fully saturated rings. The van der Waals surface area contributed by atoms with Gasteiger partial charge in [0.15, 0.2) is 0 Å². The van der Waals surface area contributed by atoms with Crippen molar-refractivity contribution in [2.24, 2.45) is 0 Å². The second-order valence-corrected chi connectivity index (χ2v) is 4.12. The Hall–Kier alpha value is -1.25. The number of hydrogen-bond acceptors (Lipinski definition) is 3. The predicted molar refractivity (Wildman–Crippen MR) is 56.4 cm³/mol. The lowest BCUT2D eigenvalue weighted by Crippen LogP contribution is -2.02. The Bertz CT molecular complexity index is 332. The fourth-order valence-electron chi connectivity index (χ4n) is 1.38. The van der Waals surface area contributed by atoms with E-state index in [4.69, 9.17) is 10.5 Å². The van der Waals surface area contributed by atoms with E-state index in [0.717, 1.165) is 11.3 Å². The molecule has 0 spiro atoms. The number of pyridine rings is 1. The first-order valence-electron chi connectivity index (χ1n) is 5.09. The largest absolute Gasteiger partial charge is 0.489 e. The van der Waals surface area contributed by atoms with E-state index in [0.29, 0.717) is 17.8 Å². The molecule has 2 N–H and O–H groups in total. The third-order valence-electron chi connectivity index (χ3n) is 2.37. The Balaban J connectivity index is 2.20. The fraction of sp³-hybridized carbons (Fsp3) is 0.545. The average Bonchev–Trinajstić information content (AvgIpc) is 2.92. The molecule has 0 saturated heterocycles. The van der Waals surface area contributed by atoms with E-state index in [2.05, 4.69) is 18.8 Å². The molecule has 1 aromatic heterocycles. The summed E-state index contributed by atoms with van der Waals surface area (Å²) in [6.45, 7) is 4.21. The highest BCUT2D eigenvalue weighted by atomic mass is 16.5. The first-order valence-corrected chi connectivity index (χ1v) is 5.09. The Morgan fingerprint density at radius 2 is 2.21 bits per heavy atom. The highest BCUT2D eigenvalue weighted by molar-refractivity contribution is 5.44. The van der Waals surface area contributed by atoms with Crippen molar-refractivity contribution in [3.8, 4) is 5.75 Å². The van der Waals surface area contributed by atoms with Crippen molar-refractivity contribution in [3.63, 3.8) is 0 Å². The molecule has 3 heteroatoms. The van der Waals surface area contributed by atoms with E-state index >= 15 is 0 Å². The molecule has 1 saturated carbocycles. The first-order chi connectivity index (χ1) is 6.66. The molecule has 1 aliphatic carbocycles. The highest BCUT2D eigenvalue weighted by Gasteiger charge is 2.23. The van der Waals surface area contributed by atoms with Gasteiger partial charge in [0, 0.05) is 5.56 Å². The smallest absolute Gasteiger partial charge is 0.138 e. The van der Waals surface area contributed by atoms with Crippen LogP contribution in [-0.2, 0) is 0 Å². The minimum absolute atomic E-state index is 0.394. The van der Waals surface area contributed by atoms with Gasteiger partial charge in [-0.05, 0) is 24.8 Å². The molecule has 0 atom stereocenters. The van der Waals surface area contributed by atoms with Gasteiger partial charge in [0.1, 0.15) is 11.6 Å². The summed E-state index contributed by atoms with van der Waals surface area (Å²) in [6, 6.07) is 2.01. The quantitative estimate of drug-likeness (QED) is 0.799. The molecule has 0 amide bonds. The minimum Gasteiger partial charge on any atom is -0.489 e. The first kappa shape index (κ1) is 9.31. The summed E-state index contributed by atoms with van der Waals surface area (Å²) in [5.41, 5.74) is 6.84. The fourth-order valence-corrected chi connectivity index (χ4v) is 1.38. The van der Waals surface area contributed by atoms with Gasteiger partial charge < -0.3 is 10.5 Å². The maximum Gasteiger partial charge on any atom is 0.138 e. The zero-order chi connectivity index (χ0) is 10.1. The summed E-state index contributed by atoms with van der Waals surface area (Å²) < 4.78 is 5.65. The number of ether oxygens (including phenoxy) is 1. The van der Waals surface area contributed by atoms with Gasteiger partial charge in [0.05, 0.1) is 12.3 Å². The molecule has 76 valence electrons. The number of nitrogens with two attached hydrogens (primary N) is 1. The summed E-state index contributed by atoms with van der Waals surface area (Å²) in [5, 5.41) is 0. The van der Waals surface area contributed by atoms with Crippen molar-refractivity contribution in [2.75, 3.05) is 5.73 Å². The molecular weight excluding hydrogens is 176 g/mol. The van der Waals surface area contributed by atoms with Gasteiger partial charge in [-0.2, -0.15) is 0 Å². The summed E-state index contributed by atoms with van der Waals surface area (Å²) in [5.74, 6) is 1.86. The number of rotatable bonds is 3. The van der Waals surface area contributed by atoms with E-state index in [-0.39, 0.29) is 0 Å². The lowest BCUT2D eigenvalue weighted by atomic mass is 10.0. The molecule has 14 heavy (non-hydrogen) atoms. The van der Waals surface area contributed by atoms with Crippen LogP contribution in [0, 0.1) is 0 Å². The Kier molecular flexibility index (Phi) is 2.32. The number of aromatic nitrogens is 1. The molecular formula is C11H16N2O.